The summed E-state index contributed by atoms with van der Waals surface area (Å²) in [5, 5.41) is 7.03. The Kier molecular flexibility index (Phi) is 6.93. The van der Waals surface area contributed by atoms with Gasteiger partial charge in [0.05, 0.1) is 21.3 Å². The standard InChI is InChI=1S/C17H27N3O3S/c1-18-17(24)19-13-5-7-20(8-6-13)11-12-9-14(21-2)16(23-4)15(10-12)22-3/h9-10,13H,5-8,11H2,1-4H3,(H2,18,19,24). The molecule has 6 nitrogen and oxygen atoms in total. The van der Waals surface area contributed by atoms with Crippen molar-refractivity contribution in [2.45, 2.75) is 25.4 Å². The lowest BCUT2D eigenvalue weighted by Gasteiger charge is -2.33. The summed E-state index contributed by atoms with van der Waals surface area (Å²) in [6.45, 7) is 2.92. The van der Waals surface area contributed by atoms with Gasteiger partial charge in [0.1, 0.15) is 0 Å². The molecule has 7 heteroatoms. The smallest absolute Gasteiger partial charge is 0.203 e. The van der Waals surface area contributed by atoms with Gasteiger partial charge >= 0.3 is 0 Å². The zero-order valence-corrected chi connectivity index (χ0v) is 15.7. The van der Waals surface area contributed by atoms with Crippen molar-refractivity contribution in [2.75, 3.05) is 41.5 Å². The quantitative estimate of drug-likeness (QED) is 0.756. The number of ether oxygens (including phenoxy) is 3. The van der Waals surface area contributed by atoms with Crippen LogP contribution in [-0.4, -0.2) is 57.5 Å². The van der Waals surface area contributed by atoms with Crippen molar-refractivity contribution < 1.29 is 14.2 Å². The van der Waals surface area contributed by atoms with Gasteiger partial charge in [0.2, 0.25) is 5.75 Å². The highest BCUT2D eigenvalue weighted by Gasteiger charge is 2.21. The first-order chi connectivity index (χ1) is 11.6. The number of nitrogens with one attached hydrogen (secondary N) is 2. The maximum atomic E-state index is 5.43. The van der Waals surface area contributed by atoms with E-state index in [9.17, 15) is 0 Å². The van der Waals surface area contributed by atoms with Crippen LogP contribution in [0.3, 0.4) is 0 Å². The molecule has 0 aromatic heterocycles. The van der Waals surface area contributed by atoms with E-state index in [0.717, 1.165) is 43.2 Å². The van der Waals surface area contributed by atoms with Crippen molar-refractivity contribution in [3.8, 4) is 17.2 Å². The van der Waals surface area contributed by atoms with Gasteiger partial charge in [0.15, 0.2) is 16.6 Å². The SMILES string of the molecule is CNC(=S)NC1CCN(Cc2cc(OC)c(OC)c(OC)c2)CC1. The Hall–Kier alpha value is -1.73. The van der Waals surface area contributed by atoms with E-state index in [-0.39, 0.29) is 0 Å². The highest BCUT2D eigenvalue weighted by atomic mass is 32.1. The number of rotatable bonds is 6. The van der Waals surface area contributed by atoms with Crippen molar-refractivity contribution in [3.63, 3.8) is 0 Å². The van der Waals surface area contributed by atoms with Crippen molar-refractivity contribution in [2.24, 2.45) is 0 Å². The Morgan fingerprint density at radius 1 is 1.12 bits per heavy atom. The Morgan fingerprint density at radius 2 is 1.71 bits per heavy atom. The van der Waals surface area contributed by atoms with E-state index in [1.807, 2.05) is 19.2 Å². The second kappa shape index (κ2) is 8.94. The van der Waals surface area contributed by atoms with Crippen LogP contribution in [0.2, 0.25) is 0 Å². The molecule has 0 aliphatic carbocycles. The molecule has 24 heavy (non-hydrogen) atoms. The van der Waals surface area contributed by atoms with Crippen LogP contribution in [0.1, 0.15) is 18.4 Å². The minimum absolute atomic E-state index is 0.445. The average molecular weight is 353 g/mol. The summed E-state index contributed by atoms with van der Waals surface area (Å²) in [7, 11) is 6.74. The number of hydrogen-bond acceptors (Lipinski definition) is 5. The van der Waals surface area contributed by atoms with Gasteiger partial charge < -0.3 is 24.8 Å². The summed E-state index contributed by atoms with van der Waals surface area (Å²) in [6.07, 6.45) is 2.15. The summed E-state index contributed by atoms with van der Waals surface area (Å²) in [6, 6.07) is 4.48. The number of likely N-dealkylation sites (tertiary alicyclic amines) is 1. The van der Waals surface area contributed by atoms with Gasteiger partial charge in [-0.3, -0.25) is 4.90 Å². The van der Waals surface area contributed by atoms with Crippen molar-refractivity contribution in [3.05, 3.63) is 17.7 Å². The van der Waals surface area contributed by atoms with E-state index in [0.29, 0.717) is 23.3 Å². The molecule has 0 saturated carbocycles. The molecule has 134 valence electrons. The lowest BCUT2D eigenvalue weighted by molar-refractivity contribution is 0.198. The van der Waals surface area contributed by atoms with Gasteiger partial charge in [0.25, 0.3) is 0 Å². The van der Waals surface area contributed by atoms with Crippen LogP contribution in [0.4, 0.5) is 0 Å². The topological polar surface area (TPSA) is 55.0 Å². The fourth-order valence-electron chi connectivity index (χ4n) is 2.98. The van der Waals surface area contributed by atoms with E-state index in [4.69, 9.17) is 26.4 Å². The molecule has 1 aromatic rings. The van der Waals surface area contributed by atoms with Gasteiger partial charge in [-0.05, 0) is 42.8 Å². The van der Waals surface area contributed by atoms with E-state index in [1.165, 1.54) is 0 Å². The fourth-order valence-corrected chi connectivity index (χ4v) is 3.14. The number of hydrogen-bond donors (Lipinski definition) is 2. The van der Waals surface area contributed by atoms with Crippen LogP contribution in [0.25, 0.3) is 0 Å². The maximum Gasteiger partial charge on any atom is 0.203 e. The van der Waals surface area contributed by atoms with E-state index < -0.39 is 0 Å². The van der Waals surface area contributed by atoms with Crippen molar-refractivity contribution in [1.29, 1.82) is 0 Å². The summed E-state index contributed by atoms with van der Waals surface area (Å²) in [5.41, 5.74) is 1.15. The largest absolute Gasteiger partial charge is 0.493 e. The molecule has 0 amide bonds. The fraction of sp³-hybridized carbons (Fsp3) is 0.588. The second-order valence-electron chi connectivity index (χ2n) is 5.81. The van der Waals surface area contributed by atoms with Crippen LogP contribution in [0.5, 0.6) is 17.2 Å². The Labute approximate surface area is 149 Å². The molecule has 1 fully saturated rings. The molecule has 0 radical (unpaired) electrons. The molecule has 1 aromatic carbocycles. The zero-order chi connectivity index (χ0) is 17.5. The minimum atomic E-state index is 0.445. The molecular weight excluding hydrogens is 326 g/mol. The molecule has 1 aliphatic heterocycles. The minimum Gasteiger partial charge on any atom is -0.493 e. The molecule has 1 saturated heterocycles. The third-order valence-electron chi connectivity index (χ3n) is 4.28. The molecule has 0 spiro atoms. The van der Waals surface area contributed by atoms with Crippen LogP contribution < -0.4 is 24.8 Å². The second-order valence-corrected chi connectivity index (χ2v) is 6.22. The van der Waals surface area contributed by atoms with Gasteiger partial charge in [-0.15, -0.1) is 0 Å². The molecule has 1 heterocycles. The van der Waals surface area contributed by atoms with Gasteiger partial charge in [-0.25, -0.2) is 0 Å². The Balaban J connectivity index is 1.98. The Bertz CT molecular complexity index is 535. The van der Waals surface area contributed by atoms with Crippen LogP contribution in [0.15, 0.2) is 12.1 Å². The monoisotopic (exact) mass is 353 g/mol. The summed E-state index contributed by atoms with van der Waals surface area (Å²) in [4.78, 5) is 2.43. The third kappa shape index (κ3) is 4.64. The summed E-state index contributed by atoms with van der Waals surface area (Å²) in [5.74, 6) is 2.03. The molecule has 1 aliphatic rings. The average Bonchev–Trinajstić information content (AvgIpc) is 2.62. The van der Waals surface area contributed by atoms with E-state index in [2.05, 4.69) is 15.5 Å². The number of benzene rings is 1. The summed E-state index contributed by atoms with van der Waals surface area (Å²) < 4.78 is 16.2. The molecule has 0 atom stereocenters. The van der Waals surface area contributed by atoms with Crippen molar-refractivity contribution >= 4 is 17.3 Å². The first-order valence-electron chi connectivity index (χ1n) is 8.10. The zero-order valence-electron chi connectivity index (χ0n) is 14.8. The van der Waals surface area contributed by atoms with Crippen LogP contribution in [0, 0.1) is 0 Å². The van der Waals surface area contributed by atoms with Crippen LogP contribution >= 0.6 is 12.2 Å². The number of nitrogens with zero attached hydrogens (tertiary/aromatic N) is 1. The maximum absolute atomic E-state index is 5.43. The molecule has 0 bridgehead atoms. The van der Waals surface area contributed by atoms with E-state index in [1.54, 1.807) is 21.3 Å². The van der Waals surface area contributed by atoms with Gasteiger partial charge in [-0.2, -0.15) is 0 Å². The first-order valence-corrected chi connectivity index (χ1v) is 8.51. The number of piperidine rings is 1. The molecule has 2 N–H and O–H groups in total. The lowest BCUT2D eigenvalue weighted by atomic mass is 10.0. The molecule has 2 rings (SSSR count). The highest BCUT2D eigenvalue weighted by molar-refractivity contribution is 7.80. The highest BCUT2D eigenvalue weighted by Crippen LogP contribution is 2.38. The predicted molar refractivity (Wildman–Crippen MR) is 99.2 cm³/mol. The van der Waals surface area contributed by atoms with Gasteiger partial charge in [0, 0.05) is 32.7 Å². The molecule has 0 unspecified atom stereocenters. The predicted octanol–water partition coefficient (Wildman–Crippen LogP) is 1.77. The number of methoxy groups -OCH3 is 3. The Morgan fingerprint density at radius 3 is 2.17 bits per heavy atom. The van der Waals surface area contributed by atoms with Crippen molar-refractivity contribution in [1.82, 2.24) is 15.5 Å². The third-order valence-corrected chi connectivity index (χ3v) is 4.60. The first kappa shape index (κ1) is 18.6. The summed E-state index contributed by atoms with van der Waals surface area (Å²) >= 11 is 5.17. The normalized spacial score (nSPS) is 15.7. The van der Waals surface area contributed by atoms with Crippen LogP contribution in [-0.2, 0) is 6.54 Å². The van der Waals surface area contributed by atoms with Gasteiger partial charge in [-0.1, -0.05) is 0 Å². The molecular formula is C17H27N3O3S. The van der Waals surface area contributed by atoms with E-state index >= 15 is 0 Å². The lowest BCUT2D eigenvalue weighted by Crippen LogP contribution is -2.46. The number of thiocarbonyl (C=S) groups is 1.